The van der Waals surface area contributed by atoms with Crippen molar-refractivity contribution in [3.63, 3.8) is 0 Å². The lowest BCUT2D eigenvalue weighted by Gasteiger charge is -2.24. The molecule has 5 heteroatoms. The summed E-state index contributed by atoms with van der Waals surface area (Å²) in [5, 5.41) is 2.83. The first-order valence-electron chi connectivity index (χ1n) is 8.29. The van der Waals surface area contributed by atoms with Crippen LogP contribution in [-0.2, 0) is 17.6 Å². The molecule has 0 aliphatic heterocycles. The highest BCUT2D eigenvalue weighted by molar-refractivity contribution is 7.98. The number of fused-ring (bicyclic) bond motifs is 3. The molecule has 0 atom stereocenters. The van der Waals surface area contributed by atoms with Gasteiger partial charge in [-0.15, -0.1) is 23.1 Å². The molecule has 1 heterocycles. The molecule has 0 radical (unpaired) electrons. The number of thioether (sulfide) groups is 1. The zero-order valence-corrected chi connectivity index (χ0v) is 16.9. The minimum atomic E-state index is -0.271. The van der Waals surface area contributed by atoms with Gasteiger partial charge in [0, 0.05) is 20.4 Å². The van der Waals surface area contributed by atoms with Crippen molar-refractivity contribution in [1.29, 1.82) is 0 Å². The minimum absolute atomic E-state index is 0.271. The van der Waals surface area contributed by atoms with Gasteiger partial charge in [0.05, 0.1) is 12.7 Å². The van der Waals surface area contributed by atoms with Crippen LogP contribution in [0.25, 0.3) is 22.3 Å². The molecule has 0 spiro atoms. The predicted octanol–water partition coefficient (Wildman–Crippen LogP) is 6.34. The summed E-state index contributed by atoms with van der Waals surface area (Å²) in [6, 6.07) is 12.2. The normalized spacial score (nSPS) is 12.4. The Bertz CT molecular complexity index is 990. The summed E-state index contributed by atoms with van der Waals surface area (Å²) in [7, 11) is 1.45. The number of ether oxygens (including phenoxy) is 1. The minimum Gasteiger partial charge on any atom is -0.465 e. The monoisotopic (exact) mass is 400 g/mol. The summed E-state index contributed by atoms with van der Waals surface area (Å²) in [6.45, 7) is 0. The van der Waals surface area contributed by atoms with Crippen LogP contribution in [0.3, 0.4) is 0 Å². The van der Waals surface area contributed by atoms with Gasteiger partial charge in [0.25, 0.3) is 0 Å². The average molecular weight is 401 g/mol. The highest BCUT2D eigenvalue weighted by Crippen LogP contribution is 2.46. The van der Waals surface area contributed by atoms with Crippen molar-refractivity contribution in [2.24, 2.45) is 0 Å². The number of hydrogen-bond acceptors (Lipinski definition) is 4. The Morgan fingerprint density at radius 3 is 2.62 bits per heavy atom. The van der Waals surface area contributed by atoms with Gasteiger partial charge >= 0.3 is 5.97 Å². The number of carbonyl (C=O) groups excluding carboxylic acids is 1. The number of esters is 1. The Kier molecular flexibility index (Phi) is 4.82. The van der Waals surface area contributed by atoms with E-state index in [0.717, 1.165) is 33.9 Å². The second-order valence-corrected chi connectivity index (χ2v) is 8.40. The SMILES string of the molecule is COC(=O)c1c(SC)cc(-c2ccc(Cl)cc2)c2c1-c1ccsc1CC2. The number of halogens is 1. The standard InChI is InChI=1S/C21H17ClO2S2/c1-24-21(23)20-18(25-2)11-16(12-3-5-13(22)6-4-12)14-7-8-17-15(19(14)20)9-10-26-17/h3-6,9-11H,7-8H2,1-2H3. The molecule has 0 N–H and O–H groups in total. The fourth-order valence-electron chi connectivity index (χ4n) is 3.60. The van der Waals surface area contributed by atoms with Crippen molar-refractivity contribution >= 4 is 40.7 Å². The zero-order valence-electron chi connectivity index (χ0n) is 14.5. The average Bonchev–Trinajstić information content (AvgIpc) is 3.15. The van der Waals surface area contributed by atoms with Crippen LogP contribution in [0.1, 0.15) is 20.8 Å². The Morgan fingerprint density at radius 1 is 1.15 bits per heavy atom. The van der Waals surface area contributed by atoms with E-state index in [1.165, 1.54) is 28.7 Å². The van der Waals surface area contributed by atoms with Crippen molar-refractivity contribution in [2.75, 3.05) is 13.4 Å². The highest BCUT2D eigenvalue weighted by atomic mass is 35.5. The van der Waals surface area contributed by atoms with Gasteiger partial charge in [0.15, 0.2) is 0 Å². The van der Waals surface area contributed by atoms with Crippen molar-refractivity contribution in [3.05, 3.63) is 62.8 Å². The predicted molar refractivity (Wildman–Crippen MR) is 111 cm³/mol. The maximum atomic E-state index is 12.6. The largest absolute Gasteiger partial charge is 0.465 e. The molecule has 2 nitrogen and oxygen atoms in total. The smallest absolute Gasteiger partial charge is 0.339 e. The van der Waals surface area contributed by atoms with Crippen molar-refractivity contribution in [1.82, 2.24) is 0 Å². The number of hydrogen-bond donors (Lipinski definition) is 0. The lowest BCUT2D eigenvalue weighted by atomic mass is 9.82. The van der Waals surface area contributed by atoms with Gasteiger partial charge in [-0.1, -0.05) is 23.7 Å². The molecule has 2 aromatic carbocycles. The van der Waals surface area contributed by atoms with Crippen LogP contribution in [0.15, 0.2) is 46.7 Å². The van der Waals surface area contributed by atoms with Crippen LogP contribution in [0, 0.1) is 0 Å². The second-order valence-electron chi connectivity index (χ2n) is 6.11. The van der Waals surface area contributed by atoms with E-state index in [4.69, 9.17) is 16.3 Å². The van der Waals surface area contributed by atoms with E-state index in [1.807, 2.05) is 30.5 Å². The molecular weight excluding hydrogens is 384 g/mol. The van der Waals surface area contributed by atoms with E-state index in [9.17, 15) is 4.79 Å². The Morgan fingerprint density at radius 2 is 1.92 bits per heavy atom. The van der Waals surface area contributed by atoms with Gasteiger partial charge in [-0.05, 0) is 71.0 Å². The lowest BCUT2D eigenvalue weighted by Crippen LogP contribution is -2.12. The molecule has 4 rings (SSSR count). The van der Waals surface area contributed by atoms with Crippen molar-refractivity contribution in [3.8, 4) is 22.3 Å². The molecule has 1 aromatic heterocycles. The molecule has 0 unspecified atom stereocenters. The summed E-state index contributed by atoms with van der Waals surface area (Å²) >= 11 is 9.41. The van der Waals surface area contributed by atoms with Gasteiger partial charge in [-0.2, -0.15) is 0 Å². The molecule has 0 bridgehead atoms. The summed E-state index contributed by atoms with van der Waals surface area (Å²) in [5.41, 5.74) is 6.41. The van der Waals surface area contributed by atoms with Crippen LogP contribution in [0.4, 0.5) is 0 Å². The first kappa shape index (κ1) is 17.7. The maximum absolute atomic E-state index is 12.6. The fraction of sp³-hybridized carbons (Fsp3) is 0.190. The first-order chi connectivity index (χ1) is 12.6. The maximum Gasteiger partial charge on any atom is 0.339 e. The second kappa shape index (κ2) is 7.10. The van der Waals surface area contributed by atoms with Crippen molar-refractivity contribution in [2.45, 2.75) is 17.7 Å². The van der Waals surface area contributed by atoms with E-state index >= 15 is 0 Å². The number of rotatable bonds is 3. The number of methoxy groups -OCH3 is 1. The molecule has 132 valence electrons. The lowest BCUT2D eigenvalue weighted by molar-refractivity contribution is 0.0597. The van der Waals surface area contributed by atoms with Crippen LogP contribution in [-0.4, -0.2) is 19.3 Å². The molecule has 0 saturated carbocycles. The number of aryl methyl sites for hydroxylation is 1. The van der Waals surface area contributed by atoms with Gasteiger partial charge in [0.2, 0.25) is 0 Å². The zero-order chi connectivity index (χ0) is 18.3. The Hall–Kier alpha value is -1.75. The summed E-state index contributed by atoms with van der Waals surface area (Å²) in [4.78, 5) is 14.9. The molecule has 0 saturated heterocycles. The molecule has 1 aliphatic carbocycles. The third-order valence-electron chi connectivity index (χ3n) is 4.78. The van der Waals surface area contributed by atoms with Crippen LogP contribution < -0.4 is 0 Å². The van der Waals surface area contributed by atoms with Gasteiger partial charge in [-0.3, -0.25) is 0 Å². The van der Waals surface area contributed by atoms with E-state index in [0.29, 0.717) is 5.56 Å². The fourth-order valence-corrected chi connectivity index (χ4v) is 5.24. The number of carbonyl (C=O) groups is 1. The molecule has 3 aromatic rings. The van der Waals surface area contributed by atoms with E-state index in [-0.39, 0.29) is 5.97 Å². The van der Waals surface area contributed by atoms with Crippen LogP contribution >= 0.6 is 34.7 Å². The number of thiophene rings is 1. The summed E-state index contributed by atoms with van der Waals surface area (Å²) in [6.07, 6.45) is 3.91. The topological polar surface area (TPSA) is 26.3 Å². The van der Waals surface area contributed by atoms with E-state index in [1.54, 1.807) is 23.1 Å². The molecule has 0 fully saturated rings. The third-order valence-corrected chi connectivity index (χ3v) is 6.77. The van der Waals surface area contributed by atoms with Gasteiger partial charge in [0.1, 0.15) is 0 Å². The van der Waals surface area contributed by atoms with E-state index in [2.05, 4.69) is 17.5 Å². The number of benzene rings is 2. The Balaban J connectivity index is 2.06. The van der Waals surface area contributed by atoms with Gasteiger partial charge < -0.3 is 4.74 Å². The van der Waals surface area contributed by atoms with E-state index < -0.39 is 0 Å². The Labute approximate surface area is 166 Å². The first-order valence-corrected chi connectivity index (χ1v) is 10.8. The highest BCUT2D eigenvalue weighted by Gasteiger charge is 2.29. The molecule has 26 heavy (non-hydrogen) atoms. The summed E-state index contributed by atoms with van der Waals surface area (Å²) < 4.78 is 5.13. The summed E-state index contributed by atoms with van der Waals surface area (Å²) in [5.74, 6) is -0.271. The van der Waals surface area contributed by atoms with Crippen molar-refractivity contribution < 1.29 is 9.53 Å². The molecule has 0 amide bonds. The van der Waals surface area contributed by atoms with Crippen LogP contribution in [0.2, 0.25) is 5.02 Å². The third kappa shape index (κ3) is 2.86. The molecular formula is C21H17ClO2S2. The quantitative estimate of drug-likeness (QED) is 0.379. The van der Waals surface area contributed by atoms with Gasteiger partial charge in [-0.25, -0.2) is 4.79 Å². The molecule has 1 aliphatic rings. The van der Waals surface area contributed by atoms with Crippen LogP contribution in [0.5, 0.6) is 0 Å².